The molecular weight excluding hydrogens is 328 g/mol. The zero-order chi connectivity index (χ0) is 19.0. The molecule has 1 atom stereocenters. The first kappa shape index (κ1) is 18.9. The molecule has 134 valence electrons. The molecule has 1 aliphatic carbocycles. The van der Waals surface area contributed by atoms with Gasteiger partial charge in [-0.05, 0) is 76.3 Å². The van der Waals surface area contributed by atoms with Crippen molar-refractivity contribution in [2.75, 3.05) is 0 Å². The van der Waals surface area contributed by atoms with Crippen molar-refractivity contribution in [2.45, 2.75) is 54.0 Å². The summed E-state index contributed by atoms with van der Waals surface area (Å²) in [6.45, 7) is 16.0. The first-order valence-electron chi connectivity index (χ1n) is 9.55. The van der Waals surface area contributed by atoms with Crippen LogP contribution in [0.25, 0.3) is 0 Å². The topological polar surface area (TPSA) is 0 Å². The van der Waals surface area contributed by atoms with Crippen LogP contribution in [-0.2, 0) is 0 Å². The van der Waals surface area contributed by atoms with Gasteiger partial charge in [0.1, 0.15) is 0 Å². The molecule has 0 aromatic heterocycles. The normalized spacial score (nSPS) is 16.6. The highest BCUT2D eigenvalue weighted by atomic mass is 28.2. The molecule has 1 unspecified atom stereocenters. The molecule has 0 aliphatic heterocycles. The molecule has 3 rings (SSSR count). The summed E-state index contributed by atoms with van der Waals surface area (Å²) < 4.78 is 0. The van der Waals surface area contributed by atoms with Crippen LogP contribution in [0.2, 0.25) is 0 Å². The largest absolute Gasteiger partial charge is 0.0901 e. The molecule has 0 nitrogen and oxygen atoms in total. The van der Waals surface area contributed by atoms with E-state index in [0.29, 0.717) is 11.5 Å². The average Bonchev–Trinajstić information content (AvgIpc) is 2.76. The third kappa shape index (κ3) is 3.50. The van der Waals surface area contributed by atoms with Gasteiger partial charge in [0.05, 0.1) is 9.52 Å². The molecule has 0 bridgehead atoms. The van der Waals surface area contributed by atoms with E-state index in [0.717, 1.165) is 9.52 Å². The van der Waals surface area contributed by atoms with E-state index in [4.69, 9.17) is 0 Å². The Bertz CT molecular complexity index is 854. The Morgan fingerprint density at radius 3 is 1.81 bits per heavy atom. The molecule has 0 N–H and O–H groups in total. The molecule has 0 spiro atoms. The maximum Gasteiger partial charge on any atom is 0.0901 e. The molecule has 0 saturated carbocycles. The molecule has 26 heavy (non-hydrogen) atoms. The second-order valence-electron chi connectivity index (χ2n) is 7.95. The fraction of sp³-hybridized carbons (Fsp3) is 0.360. The number of benzene rings is 2. The summed E-state index contributed by atoms with van der Waals surface area (Å²) in [4.78, 5) is 0. The third-order valence-electron chi connectivity index (χ3n) is 6.08. The quantitative estimate of drug-likeness (QED) is 0.589. The minimum atomic E-state index is 0.518. The highest BCUT2D eigenvalue weighted by Crippen LogP contribution is 2.44. The standard InChI is InChI=1S/C25H30Si/c1-15-12-16(2)14-22(13-15)26-25(23-11-9-8-10-17(23)3)24-20(6)18(4)19(5)21(24)7/h8-14,24-25H,1-7H3. The summed E-state index contributed by atoms with van der Waals surface area (Å²) in [5.74, 6) is 0.523. The van der Waals surface area contributed by atoms with E-state index in [2.05, 4.69) is 90.9 Å². The van der Waals surface area contributed by atoms with Gasteiger partial charge in [-0.15, -0.1) is 0 Å². The monoisotopic (exact) mass is 358 g/mol. The molecule has 2 aromatic rings. The van der Waals surface area contributed by atoms with Crippen LogP contribution in [0.3, 0.4) is 0 Å². The fourth-order valence-corrected chi connectivity index (χ4v) is 6.52. The number of hydrogen-bond acceptors (Lipinski definition) is 0. The van der Waals surface area contributed by atoms with Crippen molar-refractivity contribution >= 4 is 14.7 Å². The van der Waals surface area contributed by atoms with Crippen LogP contribution in [-0.4, -0.2) is 9.52 Å². The molecule has 0 fully saturated rings. The predicted molar refractivity (Wildman–Crippen MR) is 115 cm³/mol. The Balaban J connectivity index is 2.11. The minimum Gasteiger partial charge on any atom is -0.0630 e. The van der Waals surface area contributed by atoms with Crippen molar-refractivity contribution in [1.29, 1.82) is 0 Å². The third-order valence-corrected chi connectivity index (χ3v) is 7.66. The van der Waals surface area contributed by atoms with E-state index in [1.54, 1.807) is 11.1 Å². The van der Waals surface area contributed by atoms with Crippen molar-refractivity contribution in [1.82, 2.24) is 0 Å². The van der Waals surface area contributed by atoms with Gasteiger partial charge in [0.25, 0.3) is 0 Å². The highest BCUT2D eigenvalue weighted by Gasteiger charge is 2.33. The van der Waals surface area contributed by atoms with Crippen molar-refractivity contribution in [2.24, 2.45) is 5.92 Å². The Labute approximate surface area is 161 Å². The van der Waals surface area contributed by atoms with Crippen molar-refractivity contribution in [3.05, 3.63) is 87.0 Å². The van der Waals surface area contributed by atoms with Gasteiger partial charge in [-0.3, -0.25) is 0 Å². The first-order chi connectivity index (χ1) is 12.3. The van der Waals surface area contributed by atoms with Gasteiger partial charge >= 0.3 is 0 Å². The number of aryl methyl sites for hydroxylation is 3. The lowest BCUT2D eigenvalue weighted by atomic mass is 9.87. The van der Waals surface area contributed by atoms with E-state index in [1.165, 1.54) is 38.6 Å². The number of allylic oxidation sites excluding steroid dienone is 4. The fourth-order valence-electron chi connectivity index (χ4n) is 4.40. The van der Waals surface area contributed by atoms with E-state index >= 15 is 0 Å². The second-order valence-corrected chi connectivity index (χ2v) is 9.44. The van der Waals surface area contributed by atoms with Crippen LogP contribution in [0, 0.1) is 26.7 Å². The van der Waals surface area contributed by atoms with Crippen LogP contribution < -0.4 is 5.19 Å². The lowest BCUT2D eigenvalue weighted by Crippen LogP contribution is -2.29. The van der Waals surface area contributed by atoms with Crippen molar-refractivity contribution in [3.63, 3.8) is 0 Å². The van der Waals surface area contributed by atoms with Gasteiger partial charge in [0.2, 0.25) is 0 Å². The summed E-state index contributed by atoms with van der Waals surface area (Å²) in [5.41, 5.74) is 12.3. The molecule has 1 aliphatic rings. The Hall–Kier alpha value is -1.86. The Morgan fingerprint density at radius 1 is 0.731 bits per heavy atom. The lowest BCUT2D eigenvalue weighted by molar-refractivity contribution is 0.684. The molecule has 0 saturated heterocycles. The second kappa shape index (κ2) is 7.40. The maximum atomic E-state index is 2.38. The molecule has 2 aromatic carbocycles. The molecule has 0 heterocycles. The lowest BCUT2D eigenvalue weighted by Gasteiger charge is -2.28. The van der Waals surface area contributed by atoms with E-state index in [-0.39, 0.29) is 0 Å². The van der Waals surface area contributed by atoms with Crippen LogP contribution in [0.5, 0.6) is 0 Å². The molecule has 2 radical (unpaired) electrons. The van der Waals surface area contributed by atoms with Crippen LogP contribution in [0.1, 0.15) is 55.5 Å². The van der Waals surface area contributed by atoms with Gasteiger partial charge in [0.15, 0.2) is 0 Å². The maximum absolute atomic E-state index is 2.38. The van der Waals surface area contributed by atoms with Crippen LogP contribution in [0.4, 0.5) is 0 Å². The highest BCUT2D eigenvalue weighted by molar-refractivity contribution is 6.55. The molecular formula is C25H30Si. The van der Waals surface area contributed by atoms with E-state index < -0.39 is 0 Å². The van der Waals surface area contributed by atoms with Crippen molar-refractivity contribution < 1.29 is 0 Å². The smallest absolute Gasteiger partial charge is 0.0630 e. The summed E-state index contributed by atoms with van der Waals surface area (Å²) in [7, 11) is 0.779. The summed E-state index contributed by atoms with van der Waals surface area (Å²) >= 11 is 0. The van der Waals surface area contributed by atoms with E-state index in [1.807, 2.05) is 0 Å². The van der Waals surface area contributed by atoms with Gasteiger partial charge in [0, 0.05) is 5.92 Å². The first-order valence-corrected chi connectivity index (χ1v) is 10.6. The van der Waals surface area contributed by atoms with Gasteiger partial charge < -0.3 is 0 Å². The van der Waals surface area contributed by atoms with E-state index in [9.17, 15) is 0 Å². The predicted octanol–water partition coefficient (Wildman–Crippen LogP) is 5.99. The van der Waals surface area contributed by atoms with Crippen LogP contribution in [0.15, 0.2) is 64.8 Å². The van der Waals surface area contributed by atoms with Crippen molar-refractivity contribution in [3.8, 4) is 0 Å². The van der Waals surface area contributed by atoms with Gasteiger partial charge in [-0.2, -0.15) is 0 Å². The number of hydrogen-bond donors (Lipinski definition) is 0. The molecule has 1 heteroatoms. The zero-order valence-electron chi connectivity index (χ0n) is 17.2. The van der Waals surface area contributed by atoms with Crippen LogP contribution >= 0.6 is 0 Å². The average molecular weight is 359 g/mol. The Morgan fingerprint density at radius 2 is 1.27 bits per heavy atom. The number of rotatable bonds is 4. The Kier molecular flexibility index (Phi) is 5.38. The minimum absolute atomic E-state index is 0.518. The summed E-state index contributed by atoms with van der Waals surface area (Å²) in [6, 6.07) is 16.0. The van der Waals surface area contributed by atoms with Gasteiger partial charge in [-0.1, -0.05) is 69.9 Å². The SMILES string of the molecule is CC1=C(C)C(C([Si]c2cc(C)cc(C)c2)c2ccccc2C)C(C)=C1C. The summed E-state index contributed by atoms with van der Waals surface area (Å²) in [5, 5.41) is 1.48. The van der Waals surface area contributed by atoms with Gasteiger partial charge in [-0.25, -0.2) is 0 Å². The summed E-state index contributed by atoms with van der Waals surface area (Å²) in [6.07, 6.45) is 0. The molecule has 0 amide bonds. The zero-order valence-corrected chi connectivity index (χ0v) is 18.2.